The van der Waals surface area contributed by atoms with E-state index < -0.39 is 10.0 Å². The fourth-order valence-electron chi connectivity index (χ4n) is 2.03. The largest absolute Gasteiger partial charge is 0.484 e. The Morgan fingerprint density at radius 2 is 1.69 bits per heavy atom. The molecule has 6 nitrogen and oxygen atoms in total. The lowest BCUT2D eigenvalue weighted by atomic mass is 10.3. The van der Waals surface area contributed by atoms with E-state index in [1.807, 2.05) is 12.1 Å². The van der Waals surface area contributed by atoms with Crippen molar-refractivity contribution in [1.82, 2.24) is 4.31 Å². The first-order chi connectivity index (χ1) is 12.2. The van der Waals surface area contributed by atoms with Crippen LogP contribution < -0.4 is 10.1 Å². The summed E-state index contributed by atoms with van der Waals surface area (Å²) in [4.78, 5) is 12.1. The van der Waals surface area contributed by atoms with E-state index in [4.69, 9.17) is 4.74 Å². The van der Waals surface area contributed by atoms with Crippen molar-refractivity contribution in [3.8, 4) is 5.75 Å². The molecule has 0 radical (unpaired) electrons. The minimum atomic E-state index is -3.54. The molecule has 0 unspecified atom stereocenters. The normalized spacial score (nSPS) is 11.6. The summed E-state index contributed by atoms with van der Waals surface area (Å²) in [5.74, 6) is 0.254. The third-order valence-electron chi connectivity index (χ3n) is 3.73. The zero-order valence-corrected chi connectivity index (χ0v) is 17.2. The fraction of sp³-hybridized carbons (Fsp3) is 0.278. The second kappa shape index (κ2) is 8.66. The number of amides is 1. The number of anilines is 1. The second-order valence-electron chi connectivity index (χ2n) is 5.93. The number of nitrogens with zero attached hydrogens (tertiary/aromatic N) is 1. The molecule has 0 aliphatic rings. The molecule has 0 bridgehead atoms. The molecule has 0 fully saturated rings. The zero-order chi connectivity index (χ0) is 19.3. The maximum absolute atomic E-state index is 12.4. The summed E-state index contributed by atoms with van der Waals surface area (Å²) in [5.41, 5.74) is 0.501. The maximum Gasteiger partial charge on any atom is 0.262 e. The first kappa shape index (κ1) is 20.4. The fourth-order valence-corrected chi connectivity index (χ4v) is 3.66. The van der Waals surface area contributed by atoms with E-state index in [1.54, 1.807) is 38.1 Å². The van der Waals surface area contributed by atoms with Crippen molar-refractivity contribution in [2.45, 2.75) is 24.8 Å². The molecule has 0 aliphatic heterocycles. The summed E-state index contributed by atoms with van der Waals surface area (Å²) >= 11 is 3.33. The average molecular weight is 441 g/mol. The van der Waals surface area contributed by atoms with Gasteiger partial charge in [0.2, 0.25) is 10.0 Å². The minimum absolute atomic E-state index is 0.141. The van der Waals surface area contributed by atoms with Crippen LogP contribution in [0.1, 0.15) is 13.8 Å². The molecule has 2 rings (SSSR count). The summed E-state index contributed by atoms with van der Waals surface area (Å²) in [6.45, 7) is 3.47. The van der Waals surface area contributed by atoms with Crippen LogP contribution in [0.3, 0.4) is 0 Å². The van der Waals surface area contributed by atoms with Crippen LogP contribution in [0.2, 0.25) is 0 Å². The Kier molecular flexibility index (Phi) is 6.80. The Labute approximate surface area is 162 Å². The molecule has 0 saturated carbocycles. The number of ether oxygens (including phenoxy) is 1. The molecule has 0 saturated heterocycles. The summed E-state index contributed by atoms with van der Waals surface area (Å²) in [7, 11) is -2.00. The quantitative estimate of drug-likeness (QED) is 0.714. The Hall–Kier alpha value is -1.90. The number of carbonyl (C=O) groups is 1. The van der Waals surface area contributed by atoms with Gasteiger partial charge in [-0.15, -0.1) is 0 Å². The lowest BCUT2D eigenvalue weighted by Crippen LogP contribution is -2.33. The number of carbonyl (C=O) groups excluding carboxylic acids is 1. The van der Waals surface area contributed by atoms with Gasteiger partial charge in [0.25, 0.3) is 5.91 Å². The molecule has 26 heavy (non-hydrogen) atoms. The number of nitrogens with one attached hydrogen (secondary N) is 1. The Morgan fingerprint density at radius 3 is 2.23 bits per heavy atom. The van der Waals surface area contributed by atoms with E-state index in [2.05, 4.69) is 21.2 Å². The van der Waals surface area contributed by atoms with Crippen molar-refractivity contribution in [2.24, 2.45) is 0 Å². The molecule has 1 amide bonds. The van der Waals surface area contributed by atoms with E-state index in [1.165, 1.54) is 23.5 Å². The van der Waals surface area contributed by atoms with Gasteiger partial charge >= 0.3 is 0 Å². The molecule has 0 aromatic heterocycles. The van der Waals surface area contributed by atoms with Crippen LogP contribution >= 0.6 is 15.9 Å². The number of rotatable bonds is 7. The lowest BCUT2D eigenvalue weighted by molar-refractivity contribution is -0.118. The highest BCUT2D eigenvalue weighted by molar-refractivity contribution is 9.10. The highest BCUT2D eigenvalue weighted by Gasteiger charge is 2.22. The third kappa shape index (κ3) is 5.30. The highest BCUT2D eigenvalue weighted by atomic mass is 79.9. The topological polar surface area (TPSA) is 75.7 Å². The van der Waals surface area contributed by atoms with Crippen LogP contribution in [0.25, 0.3) is 0 Å². The van der Waals surface area contributed by atoms with Gasteiger partial charge < -0.3 is 10.1 Å². The van der Waals surface area contributed by atoms with Crippen molar-refractivity contribution in [3.05, 3.63) is 53.0 Å². The molecule has 8 heteroatoms. The molecular weight excluding hydrogens is 420 g/mol. The molecule has 0 heterocycles. The lowest BCUT2D eigenvalue weighted by Gasteiger charge is -2.21. The number of sulfonamides is 1. The van der Waals surface area contributed by atoms with Crippen LogP contribution in [-0.4, -0.2) is 38.3 Å². The van der Waals surface area contributed by atoms with Gasteiger partial charge in [0.05, 0.1) is 4.90 Å². The van der Waals surface area contributed by atoms with E-state index >= 15 is 0 Å². The molecule has 0 aliphatic carbocycles. The molecule has 0 atom stereocenters. The van der Waals surface area contributed by atoms with E-state index in [0.29, 0.717) is 11.4 Å². The first-order valence-electron chi connectivity index (χ1n) is 7.96. The van der Waals surface area contributed by atoms with Crippen molar-refractivity contribution in [3.63, 3.8) is 0 Å². The maximum atomic E-state index is 12.4. The van der Waals surface area contributed by atoms with Gasteiger partial charge in [-0.3, -0.25) is 4.79 Å². The highest BCUT2D eigenvalue weighted by Crippen LogP contribution is 2.19. The number of benzene rings is 2. The van der Waals surface area contributed by atoms with Crippen molar-refractivity contribution < 1.29 is 17.9 Å². The SMILES string of the molecule is CC(C)N(C)S(=O)(=O)c1ccc(NC(=O)COc2ccc(Br)cc2)cc1. The third-order valence-corrected chi connectivity index (χ3v) is 6.30. The average Bonchev–Trinajstić information content (AvgIpc) is 2.61. The number of hydrogen-bond donors (Lipinski definition) is 1. The minimum Gasteiger partial charge on any atom is -0.484 e. The smallest absolute Gasteiger partial charge is 0.262 e. The summed E-state index contributed by atoms with van der Waals surface area (Å²) in [5, 5.41) is 2.67. The van der Waals surface area contributed by atoms with E-state index in [-0.39, 0.29) is 23.5 Å². The van der Waals surface area contributed by atoms with Crippen molar-refractivity contribution in [2.75, 3.05) is 19.0 Å². The van der Waals surface area contributed by atoms with Gasteiger partial charge in [-0.1, -0.05) is 15.9 Å². The van der Waals surface area contributed by atoms with Gasteiger partial charge in [-0.25, -0.2) is 8.42 Å². The molecule has 1 N–H and O–H groups in total. The van der Waals surface area contributed by atoms with Gasteiger partial charge in [0.15, 0.2) is 6.61 Å². The van der Waals surface area contributed by atoms with E-state index in [9.17, 15) is 13.2 Å². The molecule has 0 spiro atoms. The number of halogens is 1. The van der Waals surface area contributed by atoms with Crippen molar-refractivity contribution >= 4 is 37.5 Å². The van der Waals surface area contributed by atoms with Crippen LogP contribution in [0.15, 0.2) is 57.9 Å². The van der Waals surface area contributed by atoms with Gasteiger partial charge in [0.1, 0.15) is 5.75 Å². The Morgan fingerprint density at radius 1 is 1.12 bits per heavy atom. The Balaban J connectivity index is 1.96. The summed E-state index contributed by atoms with van der Waals surface area (Å²) in [6, 6.07) is 13.1. The van der Waals surface area contributed by atoms with Crippen molar-refractivity contribution in [1.29, 1.82) is 0 Å². The monoisotopic (exact) mass is 440 g/mol. The van der Waals surface area contributed by atoms with Gasteiger partial charge in [0, 0.05) is 23.2 Å². The van der Waals surface area contributed by atoms with Crippen LogP contribution in [0.5, 0.6) is 5.75 Å². The summed E-state index contributed by atoms with van der Waals surface area (Å²) < 4.78 is 32.4. The molecular formula is C18H21BrN2O4S. The predicted molar refractivity (Wildman–Crippen MR) is 105 cm³/mol. The predicted octanol–water partition coefficient (Wildman–Crippen LogP) is 3.50. The van der Waals surface area contributed by atoms with Gasteiger partial charge in [-0.2, -0.15) is 4.31 Å². The van der Waals surface area contributed by atoms with Crippen LogP contribution in [0, 0.1) is 0 Å². The van der Waals surface area contributed by atoms with Crippen LogP contribution in [-0.2, 0) is 14.8 Å². The Bertz CT molecular complexity index is 850. The zero-order valence-electron chi connectivity index (χ0n) is 14.8. The molecule has 140 valence electrons. The van der Waals surface area contributed by atoms with Crippen LogP contribution in [0.4, 0.5) is 5.69 Å². The molecule has 2 aromatic rings. The first-order valence-corrected chi connectivity index (χ1v) is 10.2. The second-order valence-corrected chi connectivity index (χ2v) is 8.84. The molecule has 2 aromatic carbocycles. The summed E-state index contributed by atoms with van der Waals surface area (Å²) in [6.07, 6.45) is 0. The standard InChI is InChI=1S/C18H21BrN2O4S/c1-13(2)21(3)26(23,24)17-10-6-15(7-11-17)20-18(22)12-25-16-8-4-14(19)5-9-16/h4-11,13H,12H2,1-3H3,(H,20,22). The van der Waals surface area contributed by atoms with Gasteiger partial charge in [-0.05, 0) is 62.4 Å². The number of hydrogen-bond acceptors (Lipinski definition) is 4. The van der Waals surface area contributed by atoms with E-state index in [0.717, 1.165) is 4.47 Å².